The number of aryl methyl sites for hydroxylation is 1. The van der Waals surface area contributed by atoms with Crippen molar-refractivity contribution in [1.82, 2.24) is 4.40 Å². The number of ketones is 1. The van der Waals surface area contributed by atoms with E-state index in [1.54, 1.807) is 54.8 Å². The van der Waals surface area contributed by atoms with Crippen molar-refractivity contribution in [2.24, 2.45) is 0 Å². The summed E-state index contributed by atoms with van der Waals surface area (Å²) >= 11 is 7.01. The summed E-state index contributed by atoms with van der Waals surface area (Å²) in [7, 11) is 0. The minimum absolute atomic E-state index is 0.0241. The van der Waals surface area contributed by atoms with Crippen molar-refractivity contribution in [3.05, 3.63) is 70.0 Å². The first-order valence-electron chi connectivity index (χ1n) is 9.77. The van der Waals surface area contributed by atoms with Crippen molar-refractivity contribution >= 4 is 46.6 Å². The van der Waals surface area contributed by atoms with Crippen LogP contribution in [-0.4, -0.2) is 41.1 Å². The monoisotopic (exact) mass is 459 g/mol. The standard InChI is InChI=1S/C23H22ClNO5S/c1-4-29-22(27)19-17-12-14(3)10-11-25(17)20(23(28)30-5-2)21(19)31-13-18(26)15-6-8-16(24)9-7-15/h6-12H,4-5,13H2,1-3H3. The predicted molar refractivity (Wildman–Crippen MR) is 121 cm³/mol. The molecule has 0 bridgehead atoms. The Hall–Kier alpha value is -2.77. The van der Waals surface area contributed by atoms with Crippen LogP contribution in [0.2, 0.25) is 5.02 Å². The predicted octanol–water partition coefficient (Wildman–Crippen LogP) is 5.23. The van der Waals surface area contributed by atoms with Gasteiger partial charge in [-0.25, -0.2) is 9.59 Å². The molecule has 6 nitrogen and oxygen atoms in total. The Balaban J connectivity index is 2.09. The van der Waals surface area contributed by atoms with Crippen LogP contribution in [0.1, 0.15) is 50.6 Å². The Labute approximate surface area is 189 Å². The van der Waals surface area contributed by atoms with E-state index < -0.39 is 11.9 Å². The molecule has 0 amide bonds. The molecular weight excluding hydrogens is 438 g/mol. The molecule has 8 heteroatoms. The van der Waals surface area contributed by atoms with Gasteiger partial charge in [-0.1, -0.05) is 11.6 Å². The van der Waals surface area contributed by atoms with Gasteiger partial charge in [0.2, 0.25) is 0 Å². The van der Waals surface area contributed by atoms with Gasteiger partial charge in [0.25, 0.3) is 0 Å². The summed E-state index contributed by atoms with van der Waals surface area (Å²) in [4.78, 5) is 38.7. The Morgan fingerprint density at radius 1 is 1.00 bits per heavy atom. The number of esters is 2. The lowest BCUT2D eigenvalue weighted by Gasteiger charge is -2.07. The Morgan fingerprint density at radius 2 is 1.65 bits per heavy atom. The number of fused-ring (bicyclic) bond motifs is 1. The van der Waals surface area contributed by atoms with Gasteiger partial charge in [0, 0.05) is 16.8 Å². The average molecular weight is 460 g/mol. The molecule has 1 aromatic carbocycles. The lowest BCUT2D eigenvalue weighted by Crippen LogP contribution is -2.11. The minimum Gasteiger partial charge on any atom is -0.462 e. The van der Waals surface area contributed by atoms with Crippen LogP contribution < -0.4 is 0 Å². The van der Waals surface area contributed by atoms with Crippen molar-refractivity contribution in [3.8, 4) is 0 Å². The highest BCUT2D eigenvalue weighted by Gasteiger charge is 2.29. The molecule has 3 rings (SSSR count). The zero-order valence-corrected chi connectivity index (χ0v) is 19.0. The van der Waals surface area contributed by atoms with Crippen molar-refractivity contribution in [2.45, 2.75) is 25.7 Å². The van der Waals surface area contributed by atoms with Crippen LogP contribution in [-0.2, 0) is 9.47 Å². The number of carbonyl (C=O) groups excluding carboxylic acids is 3. The van der Waals surface area contributed by atoms with Gasteiger partial charge >= 0.3 is 11.9 Å². The van der Waals surface area contributed by atoms with Crippen LogP contribution in [0.25, 0.3) is 5.52 Å². The normalized spacial score (nSPS) is 10.8. The first-order valence-corrected chi connectivity index (χ1v) is 11.1. The van der Waals surface area contributed by atoms with E-state index in [0.29, 0.717) is 21.0 Å². The maximum atomic E-state index is 12.8. The Bertz CT molecular complexity index is 1140. The molecule has 0 N–H and O–H groups in total. The number of rotatable bonds is 8. The molecule has 0 aliphatic carbocycles. The maximum absolute atomic E-state index is 12.8. The number of carbonyl (C=O) groups is 3. The van der Waals surface area contributed by atoms with E-state index >= 15 is 0 Å². The van der Waals surface area contributed by atoms with Crippen molar-refractivity contribution in [3.63, 3.8) is 0 Å². The van der Waals surface area contributed by atoms with Gasteiger partial charge < -0.3 is 13.9 Å². The van der Waals surface area contributed by atoms with Crippen LogP contribution in [0.3, 0.4) is 0 Å². The van der Waals surface area contributed by atoms with E-state index in [2.05, 4.69) is 0 Å². The van der Waals surface area contributed by atoms with Crippen LogP contribution in [0.4, 0.5) is 0 Å². The summed E-state index contributed by atoms with van der Waals surface area (Å²) < 4.78 is 12.1. The molecule has 0 aliphatic heterocycles. The molecule has 0 atom stereocenters. The molecule has 162 valence electrons. The van der Waals surface area contributed by atoms with Gasteiger partial charge in [0.1, 0.15) is 5.69 Å². The fourth-order valence-corrected chi connectivity index (χ4v) is 4.34. The smallest absolute Gasteiger partial charge is 0.356 e. The second-order valence-corrected chi connectivity index (χ2v) is 8.09. The van der Waals surface area contributed by atoms with Gasteiger partial charge in [0.05, 0.1) is 34.9 Å². The van der Waals surface area contributed by atoms with Crippen LogP contribution in [0, 0.1) is 6.92 Å². The number of aromatic nitrogens is 1. The molecule has 0 spiro atoms. The van der Waals surface area contributed by atoms with Crippen molar-refractivity contribution < 1.29 is 23.9 Å². The van der Waals surface area contributed by atoms with E-state index in [1.165, 1.54) is 0 Å². The minimum atomic E-state index is -0.571. The van der Waals surface area contributed by atoms with E-state index in [1.807, 2.05) is 13.0 Å². The Morgan fingerprint density at radius 3 is 2.29 bits per heavy atom. The fraction of sp³-hybridized carbons (Fsp3) is 0.261. The lowest BCUT2D eigenvalue weighted by molar-refractivity contribution is 0.0514. The van der Waals surface area contributed by atoms with Gasteiger partial charge in [-0.15, -0.1) is 11.8 Å². The zero-order chi connectivity index (χ0) is 22.5. The number of halogens is 1. The quantitative estimate of drug-likeness (QED) is 0.261. The summed E-state index contributed by atoms with van der Waals surface area (Å²) in [5.41, 5.74) is 2.39. The molecule has 0 fully saturated rings. The first-order chi connectivity index (χ1) is 14.9. The fourth-order valence-electron chi connectivity index (χ4n) is 3.13. The molecule has 0 saturated carbocycles. The number of ether oxygens (including phenoxy) is 2. The van der Waals surface area contributed by atoms with Gasteiger partial charge in [0.15, 0.2) is 5.78 Å². The number of nitrogens with zero attached hydrogens (tertiary/aromatic N) is 1. The molecule has 0 saturated heterocycles. The summed E-state index contributed by atoms with van der Waals surface area (Å²) in [6.07, 6.45) is 1.71. The highest BCUT2D eigenvalue weighted by molar-refractivity contribution is 8.00. The van der Waals surface area contributed by atoms with E-state index in [-0.39, 0.29) is 36.0 Å². The summed E-state index contributed by atoms with van der Waals surface area (Å²) in [5, 5.41) is 0.535. The van der Waals surface area contributed by atoms with Crippen molar-refractivity contribution in [2.75, 3.05) is 19.0 Å². The van der Waals surface area contributed by atoms with E-state index in [4.69, 9.17) is 21.1 Å². The summed E-state index contributed by atoms with van der Waals surface area (Å²) in [6.45, 7) is 5.68. The summed E-state index contributed by atoms with van der Waals surface area (Å²) in [6, 6.07) is 10.2. The molecule has 0 unspecified atom stereocenters. The molecule has 3 aromatic rings. The molecule has 2 heterocycles. The maximum Gasteiger partial charge on any atom is 0.356 e. The third kappa shape index (κ3) is 4.94. The van der Waals surface area contributed by atoms with Crippen LogP contribution in [0.15, 0.2) is 47.5 Å². The first kappa shape index (κ1) is 22.9. The van der Waals surface area contributed by atoms with Crippen molar-refractivity contribution in [1.29, 1.82) is 0 Å². The lowest BCUT2D eigenvalue weighted by atomic mass is 10.1. The highest BCUT2D eigenvalue weighted by atomic mass is 35.5. The number of hydrogen-bond donors (Lipinski definition) is 0. The SMILES string of the molecule is CCOC(=O)c1c(SCC(=O)c2ccc(Cl)cc2)c(C(=O)OCC)n2ccc(C)cc12. The van der Waals surface area contributed by atoms with E-state index in [9.17, 15) is 14.4 Å². The highest BCUT2D eigenvalue weighted by Crippen LogP contribution is 2.35. The molecule has 0 radical (unpaired) electrons. The number of pyridine rings is 1. The second-order valence-electron chi connectivity index (χ2n) is 6.67. The largest absolute Gasteiger partial charge is 0.462 e. The molecule has 31 heavy (non-hydrogen) atoms. The number of benzene rings is 1. The molecular formula is C23H22ClNO5S. The number of hydrogen-bond acceptors (Lipinski definition) is 6. The third-order valence-electron chi connectivity index (χ3n) is 4.51. The third-order valence-corrected chi connectivity index (χ3v) is 5.86. The Kier molecular flexibility index (Phi) is 7.41. The zero-order valence-electron chi connectivity index (χ0n) is 17.4. The average Bonchev–Trinajstić information content (AvgIpc) is 3.06. The number of thioether (sulfide) groups is 1. The topological polar surface area (TPSA) is 74.1 Å². The van der Waals surface area contributed by atoms with Crippen LogP contribution in [0.5, 0.6) is 0 Å². The van der Waals surface area contributed by atoms with Gasteiger partial charge in [-0.05, 0) is 62.7 Å². The van der Waals surface area contributed by atoms with E-state index in [0.717, 1.165) is 17.3 Å². The van der Waals surface area contributed by atoms with Crippen LogP contribution >= 0.6 is 23.4 Å². The van der Waals surface area contributed by atoms with Gasteiger partial charge in [-0.3, -0.25) is 4.79 Å². The molecule has 0 aliphatic rings. The number of Topliss-reactive ketones (excluding diaryl/α,β-unsaturated/α-hetero) is 1. The summed E-state index contributed by atoms with van der Waals surface area (Å²) in [5.74, 6) is -1.25. The molecule has 2 aromatic heterocycles. The second kappa shape index (κ2) is 10.0. The van der Waals surface area contributed by atoms with Gasteiger partial charge in [-0.2, -0.15) is 0 Å².